The molecule has 0 saturated carbocycles. The first-order valence-electron chi connectivity index (χ1n) is 6.61. The summed E-state index contributed by atoms with van der Waals surface area (Å²) in [5, 5.41) is 0. The third-order valence-electron chi connectivity index (χ3n) is 2.69. The molecule has 96 valence electrons. The van der Waals surface area contributed by atoms with Crippen LogP contribution in [0.1, 0.15) is 52.9 Å². The summed E-state index contributed by atoms with van der Waals surface area (Å²) in [4.78, 5) is 13.5. The maximum atomic E-state index is 11.6. The maximum Gasteiger partial charge on any atom is 0.222 e. The predicted molar refractivity (Wildman–Crippen MR) is 67.5 cm³/mol. The number of carbonyl (C=O) groups excluding carboxylic acids is 1. The molecule has 0 heterocycles. The van der Waals surface area contributed by atoms with E-state index in [1.165, 1.54) is 12.8 Å². The van der Waals surface area contributed by atoms with Gasteiger partial charge in [-0.15, -0.1) is 0 Å². The van der Waals surface area contributed by atoms with Crippen LogP contribution in [-0.2, 0) is 9.53 Å². The Balaban J connectivity index is 3.33. The lowest BCUT2D eigenvalue weighted by Gasteiger charge is -2.18. The topological polar surface area (TPSA) is 29.5 Å². The minimum absolute atomic E-state index is 0.252. The fourth-order valence-corrected chi connectivity index (χ4v) is 1.62. The van der Waals surface area contributed by atoms with Crippen LogP contribution >= 0.6 is 0 Å². The lowest BCUT2D eigenvalue weighted by Crippen LogP contribution is -2.30. The quantitative estimate of drug-likeness (QED) is 0.539. The molecular weight excluding hydrogens is 202 g/mol. The molecule has 0 aromatic rings. The van der Waals surface area contributed by atoms with Gasteiger partial charge in [0, 0.05) is 32.7 Å². The molecule has 0 fully saturated rings. The smallest absolute Gasteiger partial charge is 0.222 e. The largest absolute Gasteiger partial charge is 0.381 e. The van der Waals surface area contributed by atoms with Crippen molar-refractivity contribution < 1.29 is 9.53 Å². The van der Waals surface area contributed by atoms with Gasteiger partial charge >= 0.3 is 0 Å². The van der Waals surface area contributed by atoms with E-state index in [-0.39, 0.29) is 5.91 Å². The molecular formula is C13H27NO2. The molecule has 0 spiro atoms. The zero-order valence-electron chi connectivity index (χ0n) is 11.1. The van der Waals surface area contributed by atoms with Gasteiger partial charge in [-0.05, 0) is 26.7 Å². The fraction of sp³-hybridized carbons (Fsp3) is 0.923. The van der Waals surface area contributed by atoms with Crippen LogP contribution in [0, 0.1) is 0 Å². The van der Waals surface area contributed by atoms with Crippen LogP contribution < -0.4 is 0 Å². The number of hydrogen-bond donors (Lipinski definition) is 0. The SMILES string of the molecule is CCCCCOCCCC(=O)N(CC)CC. The number of rotatable bonds is 10. The van der Waals surface area contributed by atoms with Gasteiger partial charge in [-0.1, -0.05) is 19.8 Å². The standard InChI is InChI=1S/C13H27NO2/c1-4-7-8-11-16-12-9-10-13(15)14(5-2)6-3/h4-12H2,1-3H3. The Morgan fingerprint density at radius 3 is 2.19 bits per heavy atom. The summed E-state index contributed by atoms with van der Waals surface area (Å²) in [6.07, 6.45) is 5.07. The molecule has 0 aromatic carbocycles. The van der Waals surface area contributed by atoms with Crippen molar-refractivity contribution >= 4 is 5.91 Å². The van der Waals surface area contributed by atoms with E-state index in [9.17, 15) is 4.79 Å². The van der Waals surface area contributed by atoms with Crippen molar-refractivity contribution in [3.63, 3.8) is 0 Å². The van der Waals surface area contributed by atoms with Crippen molar-refractivity contribution in [2.75, 3.05) is 26.3 Å². The third-order valence-corrected chi connectivity index (χ3v) is 2.69. The van der Waals surface area contributed by atoms with Crippen molar-refractivity contribution in [3.05, 3.63) is 0 Å². The Bertz CT molecular complexity index is 167. The van der Waals surface area contributed by atoms with Gasteiger partial charge in [0.25, 0.3) is 0 Å². The van der Waals surface area contributed by atoms with E-state index in [0.717, 1.165) is 39.1 Å². The average molecular weight is 229 g/mol. The first-order chi connectivity index (χ1) is 7.76. The third kappa shape index (κ3) is 7.69. The molecule has 0 aliphatic rings. The molecule has 0 bridgehead atoms. The summed E-state index contributed by atoms with van der Waals surface area (Å²) in [7, 11) is 0. The summed E-state index contributed by atoms with van der Waals surface area (Å²) in [6, 6.07) is 0. The number of unbranched alkanes of at least 4 members (excludes halogenated alkanes) is 2. The summed E-state index contributed by atoms with van der Waals surface area (Å²) in [6.45, 7) is 9.40. The van der Waals surface area contributed by atoms with Crippen molar-refractivity contribution in [2.24, 2.45) is 0 Å². The summed E-state index contributed by atoms with van der Waals surface area (Å²) in [5.41, 5.74) is 0. The second-order valence-electron chi connectivity index (χ2n) is 3.99. The zero-order chi connectivity index (χ0) is 12.2. The van der Waals surface area contributed by atoms with E-state index in [2.05, 4.69) is 6.92 Å². The minimum atomic E-state index is 0.252. The average Bonchev–Trinajstić information content (AvgIpc) is 2.29. The van der Waals surface area contributed by atoms with Crippen molar-refractivity contribution in [1.82, 2.24) is 4.90 Å². The number of amides is 1. The number of carbonyl (C=O) groups is 1. The van der Waals surface area contributed by atoms with Crippen molar-refractivity contribution in [1.29, 1.82) is 0 Å². The normalized spacial score (nSPS) is 10.4. The molecule has 0 radical (unpaired) electrons. The highest BCUT2D eigenvalue weighted by Crippen LogP contribution is 1.99. The van der Waals surface area contributed by atoms with Crippen LogP contribution in [0.5, 0.6) is 0 Å². The Morgan fingerprint density at radius 1 is 1.00 bits per heavy atom. The molecule has 0 saturated heterocycles. The number of hydrogen-bond acceptors (Lipinski definition) is 2. The van der Waals surface area contributed by atoms with E-state index in [0.29, 0.717) is 6.42 Å². The Labute approximate surface area is 100 Å². The Morgan fingerprint density at radius 2 is 1.62 bits per heavy atom. The summed E-state index contributed by atoms with van der Waals surface area (Å²) < 4.78 is 5.46. The fourth-order valence-electron chi connectivity index (χ4n) is 1.62. The minimum Gasteiger partial charge on any atom is -0.381 e. The monoisotopic (exact) mass is 229 g/mol. The van der Waals surface area contributed by atoms with E-state index >= 15 is 0 Å². The van der Waals surface area contributed by atoms with Crippen LogP contribution in [0.3, 0.4) is 0 Å². The highest BCUT2D eigenvalue weighted by atomic mass is 16.5. The summed E-state index contributed by atoms with van der Waals surface area (Å²) >= 11 is 0. The van der Waals surface area contributed by atoms with E-state index in [4.69, 9.17) is 4.74 Å². The molecule has 0 N–H and O–H groups in total. The Hall–Kier alpha value is -0.570. The maximum absolute atomic E-state index is 11.6. The van der Waals surface area contributed by atoms with Crippen LogP contribution in [0.2, 0.25) is 0 Å². The van der Waals surface area contributed by atoms with Crippen molar-refractivity contribution in [2.45, 2.75) is 52.9 Å². The molecule has 0 aromatic heterocycles. The van der Waals surface area contributed by atoms with Crippen LogP contribution in [0.25, 0.3) is 0 Å². The highest BCUT2D eigenvalue weighted by Gasteiger charge is 2.08. The predicted octanol–water partition coefficient (Wildman–Crippen LogP) is 2.84. The number of ether oxygens (including phenoxy) is 1. The molecule has 16 heavy (non-hydrogen) atoms. The molecule has 1 amide bonds. The van der Waals surface area contributed by atoms with Gasteiger partial charge in [0.2, 0.25) is 5.91 Å². The number of nitrogens with zero attached hydrogens (tertiary/aromatic N) is 1. The van der Waals surface area contributed by atoms with E-state index < -0.39 is 0 Å². The van der Waals surface area contributed by atoms with E-state index in [1.807, 2.05) is 18.7 Å². The van der Waals surface area contributed by atoms with Gasteiger partial charge in [-0.25, -0.2) is 0 Å². The first-order valence-corrected chi connectivity index (χ1v) is 6.61. The van der Waals surface area contributed by atoms with Crippen LogP contribution in [0.4, 0.5) is 0 Å². The second kappa shape index (κ2) is 10.9. The van der Waals surface area contributed by atoms with Crippen LogP contribution in [-0.4, -0.2) is 37.1 Å². The van der Waals surface area contributed by atoms with Gasteiger partial charge in [0.05, 0.1) is 0 Å². The van der Waals surface area contributed by atoms with Gasteiger partial charge in [-0.3, -0.25) is 4.79 Å². The van der Waals surface area contributed by atoms with E-state index in [1.54, 1.807) is 0 Å². The molecule has 3 heteroatoms. The van der Waals surface area contributed by atoms with Gasteiger partial charge < -0.3 is 9.64 Å². The van der Waals surface area contributed by atoms with Crippen molar-refractivity contribution in [3.8, 4) is 0 Å². The molecule has 0 aliphatic heterocycles. The molecule has 0 unspecified atom stereocenters. The molecule has 0 atom stereocenters. The first kappa shape index (κ1) is 15.4. The second-order valence-corrected chi connectivity index (χ2v) is 3.99. The zero-order valence-corrected chi connectivity index (χ0v) is 11.1. The lowest BCUT2D eigenvalue weighted by atomic mass is 10.2. The Kier molecular flexibility index (Phi) is 10.5. The molecule has 0 rings (SSSR count). The van der Waals surface area contributed by atoms with Gasteiger partial charge in [0.1, 0.15) is 0 Å². The summed E-state index contributed by atoms with van der Waals surface area (Å²) in [5.74, 6) is 0.252. The molecule has 0 aliphatic carbocycles. The van der Waals surface area contributed by atoms with Gasteiger partial charge in [0.15, 0.2) is 0 Å². The lowest BCUT2D eigenvalue weighted by molar-refractivity contribution is -0.131. The van der Waals surface area contributed by atoms with Gasteiger partial charge in [-0.2, -0.15) is 0 Å². The highest BCUT2D eigenvalue weighted by molar-refractivity contribution is 5.76. The van der Waals surface area contributed by atoms with Crippen LogP contribution in [0.15, 0.2) is 0 Å². The molecule has 3 nitrogen and oxygen atoms in total.